The van der Waals surface area contributed by atoms with Gasteiger partial charge in [0.15, 0.2) is 0 Å². The first-order valence-electron chi connectivity index (χ1n) is 11.2. The number of carbonyl (C=O) groups is 3. The summed E-state index contributed by atoms with van der Waals surface area (Å²) in [6, 6.07) is 15.2. The molecule has 0 radical (unpaired) electrons. The van der Waals surface area contributed by atoms with Crippen LogP contribution in [0.25, 0.3) is 11.1 Å². The van der Waals surface area contributed by atoms with Gasteiger partial charge in [-0.25, -0.2) is 9.78 Å². The van der Waals surface area contributed by atoms with Crippen molar-refractivity contribution in [3.8, 4) is 11.1 Å². The average Bonchev–Trinajstić information content (AvgIpc) is 3.48. The highest BCUT2D eigenvalue weighted by atomic mass is 32.2. The van der Waals surface area contributed by atoms with Gasteiger partial charge in [-0.05, 0) is 22.3 Å². The molecule has 9 nitrogen and oxygen atoms in total. The molecule has 1 aliphatic carbocycles. The van der Waals surface area contributed by atoms with Gasteiger partial charge < -0.3 is 25.5 Å². The molecule has 1 atom stereocenters. The lowest BCUT2D eigenvalue weighted by Gasteiger charge is -2.19. The fourth-order valence-corrected chi connectivity index (χ4v) is 4.70. The van der Waals surface area contributed by atoms with Crippen molar-refractivity contribution in [1.82, 2.24) is 20.6 Å². The number of fused-ring (bicyclic) bond motifs is 3. The van der Waals surface area contributed by atoms with Crippen molar-refractivity contribution in [3.05, 3.63) is 77.9 Å². The van der Waals surface area contributed by atoms with Gasteiger partial charge in [0.1, 0.15) is 12.6 Å². The molecule has 0 fully saturated rings. The second kappa shape index (κ2) is 11.6. The minimum absolute atomic E-state index is 0.0363. The van der Waals surface area contributed by atoms with E-state index in [1.54, 1.807) is 6.20 Å². The molecule has 0 saturated heterocycles. The highest BCUT2D eigenvalue weighted by molar-refractivity contribution is 7.99. The number of amides is 2. The number of aromatic amines is 1. The van der Waals surface area contributed by atoms with Crippen molar-refractivity contribution in [3.63, 3.8) is 0 Å². The van der Waals surface area contributed by atoms with Crippen LogP contribution in [0.2, 0.25) is 0 Å². The predicted molar refractivity (Wildman–Crippen MR) is 132 cm³/mol. The molecule has 4 N–H and O–H groups in total. The summed E-state index contributed by atoms with van der Waals surface area (Å²) < 4.78 is 5.58. The number of ether oxygens (including phenoxy) is 1. The van der Waals surface area contributed by atoms with Crippen molar-refractivity contribution in [2.45, 2.75) is 18.4 Å². The van der Waals surface area contributed by atoms with Gasteiger partial charge in [-0.15, -0.1) is 11.8 Å². The number of thioether (sulfide) groups is 1. The molecule has 1 aliphatic rings. The molecule has 3 aromatic rings. The summed E-state index contributed by atoms with van der Waals surface area (Å²) in [6.07, 6.45) is 2.60. The van der Waals surface area contributed by atoms with Crippen molar-refractivity contribution < 1.29 is 24.2 Å². The Bertz CT molecular complexity index is 1140. The first-order valence-corrected chi connectivity index (χ1v) is 12.3. The van der Waals surface area contributed by atoms with Crippen LogP contribution >= 0.6 is 11.8 Å². The fourth-order valence-electron chi connectivity index (χ4n) is 4.14. The Morgan fingerprint density at radius 1 is 1.09 bits per heavy atom. The number of nitrogens with one attached hydrogen (secondary N) is 3. The third-order valence-electron chi connectivity index (χ3n) is 5.70. The molecule has 2 aromatic carbocycles. The topological polar surface area (TPSA) is 133 Å². The SMILES string of the molecule is O=C(O)CSCCNC(=O)[C@H](Cc1cnc[nH]1)NC(=O)OCC1c2ccccc2-c2ccccc21. The van der Waals surface area contributed by atoms with Gasteiger partial charge in [0, 0.05) is 36.5 Å². The number of aromatic nitrogens is 2. The monoisotopic (exact) mass is 494 g/mol. The number of hydrogen-bond acceptors (Lipinski definition) is 6. The van der Waals surface area contributed by atoms with Crippen LogP contribution in [0.3, 0.4) is 0 Å². The molecule has 35 heavy (non-hydrogen) atoms. The number of carboxylic acid groups (broad SMARTS) is 1. The summed E-state index contributed by atoms with van der Waals surface area (Å²) in [7, 11) is 0. The van der Waals surface area contributed by atoms with E-state index in [1.807, 2.05) is 36.4 Å². The maximum absolute atomic E-state index is 12.7. The van der Waals surface area contributed by atoms with Crippen LogP contribution < -0.4 is 10.6 Å². The summed E-state index contributed by atoms with van der Waals surface area (Å²) >= 11 is 1.20. The summed E-state index contributed by atoms with van der Waals surface area (Å²) in [5.41, 5.74) is 5.16. The number of carboxylic acids is 1. The molecule has 0 aliphatic heterocycles. The summed E-state index contributed by atoms with van der Waals surface area (Å²) in [6.45, 7) is 0.423. The Kier molecular flexibility index (Phi) is 8.04. The molecule has 0 bridgehead atoms. The van der Waals surface area contributed by atoms with E-state index < -0.39 is 18.1 Å². The number of benzene rings is 2. The fraction of sp³-hybridized carbons (Fsp3) is 0.280. The highest BCUT2D eigenvalue weighted by Gasteiger charge is 2.30. The number of carbonyl (C=O) groups excluding carboxylic acids is 2. The zero-order chi connectivity index (χ0) is 24.6. The van der Waals surface area contributed by atoms with Gasteiger partial charge in [-0.3, -0.25) is 9.59 Å². The Morgan fingerprint density at radius 2 is 1.77 bits per heavy atom. The number of rotatable bonds is 11. The van der Waals surface area contributed by atoms with Crippen LogP contribution in [0.5, 0.6) is 0 Å². The van der Waals surface area contributed by atoms with Gasteiger partial charge in [0.2, 0.25) is 5.91 Å². The number of hydrogen-bond donors (Lipinski definition) is 4. The third kappa shape index (κ3) is 6.21. The van der Waals surface area contributed by atoms with Crippen molar-refractivity contribution >= 4 is 29.7 Å². The predicted octanol–water partition coefficient (Wildman–Crippen LogP) is 2.79. The van der Waals surface area contributed by atoms with E-state index in [0.29, 0.717) is 11.4 Å². The second-order valence-electron chi connectivity index (χ2n) is 8.04. The molecule has 4 rings (SSSR count). The number of imidazole rings is 1. The molecular formula is C25H26N4O5S. The molecule has 10 heteroatoms. The molecule has 1 aromatic heterocycles. The van der Waals surface area contributed by atoms with Crippen molar-refractivity contribution in [2.24, 2.45) is 0 Å². The largest absolute Gasteiger partial charge is 0.481 e. The lowest BCUT2D eigenvalue weighted by atomic mass is 9.98. The van der Waals surface area contributed by atoms with Crippen LogP contribution in [0, 0.1) is 0 Å². The maximum Gasteiger partial charge on any atom is 0.407 e. The minimum Gasteiger partial charge on any atom is -0.481 e. The molecule has 0 spiro atoms. The molecule has 2 amide bonds. The van der Waals surface area contributed by atoms with Crippen LogP contribution in [0.1, 0.15) is 22.7 Å². The van der Waals surface area contributed by atoms with Crippen molar-refractivity contribution in [2.75, 3.05) is 24.7 Å². The van der Waals surface area contributed by atoms with Gasteiger partial charge >= 0.3 is 12.1 Å². The normalized spacial score (nSPS) is 12.9. The Morgan fingerprint density at radius 3 is 2.40 bits per heavy atom. The van der Waals surface area contributed by atoms with Crippen LogP contribution in [0.4, 0.5) is 4.79 Å². The lowest BCUT2D eigenvalue weighted by molar-refractivity contribution is -0.133. The molecule has 1 heterocycles. The van der Waals surface area contributed by atoms with Crippen LogP contribution in [-0.2, 0) is 20.7 Å². The first kappa shape index (κ1) is 24.3. The van der Waals surface area contributed by atoms with Gasteiger partial charge in [0.05, 0.1) is 12.1 Å². The molecule has 182 valence electrons. The smallest absolute Gasteiger partial charge is 0.407 e. The number of alkyl carbamates (subject to hydrolysis) is 1. The summed E-state index contributed by atoms with van der Waals surface area (Å²) in [4.78, 5) is 43.0. The number of aliphatic carboxylic acids is 1. The van der Waals surface area contributed by atoms with Gasteiger partial charge in [-0.2, -0.15) is 0 Å². The highest BCUT2D eigenvalue weighted by Crippen LogP contribution is 2.44. The van der Waals surface area contributed by atoms with Gasteiger partial charge in [0.25, 0.3) is 0 Å². The van der Waals surface area contributed by atoms with Crippen molar-refractivity contribution in [1.29, 1.82) is 0 Å². The van der Waals surface area contributed by atoms with E-state index in [1.165, 1.54) is 18.1 Å². The number of nitrogens with zero attached hydrogens (tertiary/aromatic N) is 1. The van der Waals surface area contributed by atoms with E-state index in [4.69, 9.17) is 9.84 Å². The van der Waals surface area contributed by atoms with E-state index in [-0.39, 0.29) is 37.2 Å². The number of H-pyrrole nitrogens is 1. The molecule has 0 unspecified atom stereocenters. The summed E-state index contributed by atoms with van der Waals surface area (Å²) in [5.74, 6) is -0.968. The van der Waals surface area contributed by atoms with Crippen LogP contribution in [0.15, 0.2) is 61.1 Å². The minimum atomic E-state index is -0.907. The summed E-state index contributed by atoms with van der Waals surface area (Å²) in [5, 5.41) is 14.1. The quantitative estimate of drug-likeness (QED) is 0.301. The van der Waals surface area contributed by atoms with Gasteiger partial charge in [-0.1, -0.05) is 48.5 Å². The lowest BCUT2D eigenvalue weighted by Crippen LogP contribution is -2.48. The Hall–Kier alpha value is -3.79. The van der Waals surface area contributed by atoms with E-state index >= 15 is 0 Å². The Labute approximate surface area is 206 Å². The van der Waals surface area contributed by atoms with E-state index in [9.17, 15) is 14.4 Å². The molecular weight excluding hydrogens is 468 g/mol. The zero-order valence-corrected chi connectivity index (χ0v) is 19.7. The zero-order valence-electron chi connectivity index (χ0n) is 18.9. The molecule has 0 saturated carbocycles. The van der Waals surface area contributed by atoms with E-state index in [0.717, 1.165) is 22.3 Å². The second-order valence-corrected chi connectivity index (χ2v) is 9.15. The Balaban J connectivity index is 1.36. The van der Waals surface area contributed by atoms with E-state index in [2.05, 4.69) is 32.7 Å². The first-order chi connectivity index (χ1) is 17.0. The third-order valence-corrected chi connectivity index (χ3v) is 6.65. The average molecular weight is 495 g/mol. The van der Waals surface area contributed by atoms with Crippen LogP contribution in [-0.4, -0.2) is 63.7 Å². The standard InChI is InChI=1S/C25H26N4O5S/c30-23(31)14-35-10-9-27-24(32)22(11-16-12-26-15-28-16)29-25(33)34-13-21-19-7-3-1-5-17(19)18-6-2-4-8-20(18)21/h1-8,12,15,21-22H,9-11,13-14H2,(H,26,28)(H,27,32)(H,29,33)(H,30,31)/t22-/m0/s1. The maximum atomic E-state index is 12.7.